The van der Waals surface area contributed by atoms with Crippen molar-refractivity contribution in [2.75, 3.05) is 0 Å². The number of primary amides is 1. The molecule has 0 saturated heterocycles. The van der Waals surface area contributed by atoms with Gasteiger partial charge in [0.1, 0.15) is 12.4 Å². The van der Waals surface area contributed by atoms with Crippen LogP contribution in [0.2, 0.25) is 10.0 Å². The number of nitrogens with two attached hydrogens (primary N) is 1. The smallest absolute Gasteiger partial charge is 0.336 e. The second-order valence-electron chi connectivity index (χ2n) is 5.93. The number of hydrogen-bond acceptors (Lipinski definition) is 4. The summed E-state index contributed by atoms with van der Waals surface area (Å²) in [5, 5.41) is 0.0112. The Morgan fingerprint density at radius 3 is 2.54 bits per heavy atom. The van der Waals surface area contributed by atoms with Crippen LogP contribution >= 0.6 is 23.2 Å². The Labute approximate surface area is 167 Å². The van der Waals surface area contributed by atoms with Crippen LogP contribution in [0, 0.1) is 12.7 Å². The zero-order valence-electron chi connectivity index (χ0n) is 14.4. The normalized spacial score (nSPS) is 10.9. The summed E-state index contributed by atoms with van der Waals surface area (Å²) in [7, 11) is 0. The number of aromatic nitrogens is 3. The van der Waals surface area contributed by atoms with Gasteiger partial charge in [-0.2, -0.15) is 0 Å². The van der Waals surface area contributed by atoms with E-state index >= 15 is 0 Å². The Balaban J connectivity index is 2.44. The van der Waals surface area contributed by atoms with Crippen molar-refractivity contribution in [2.24, 2.45) is 5.73 Å². The van der Waals surface area contributed by atoms with Gasteiger partial charge in [0.15, 0.2) is 0 Å². The summed E-state index contributed by atoms with van der Waals surface area (Å²) < 4.78 is 15.4. The van der Waals surface area contributed by atoms with Crippen LogP contribution in [0.4, 0.5) is 4.39 Å². The zero-order valence-corrected chi connectivity index (χ0v) is 16.0. The summed E-state index contributed by atoms with van der Waals surface area (Å²) in [5.74, 6) is -1.43. The summed E-state index contributed by atoms with van der Waals surface area (Å²) in [6.07, 6.45) is 2.62. The fourth-order valence-corrected chi connectivity index (χ4v) is 3.18. The lowest BCUT2D eigenvalue weighted by molar-refractivity contribution is -0.118. The number of carbonyl (C=O) groups excluding carboxylic acids is 1. The van der Waals surface area contributed by atoms with Crippen LogP contribution in [0.15, 0.2) is 46.2 Å². The molecular weight excluding hydrogens is 410 g/mol. The maximum absolute atomic E-state index is 13.6. The predicted octanol–water partition coefficient (Wildman–Crippen LogP) is 2.30. The molecule has 144 valence electrons. The summed E-state index contributed by atoms with van der Waals surface area (Å²) in [6.45, 7) is 1.03. The van der Waals surface area contributed by atoms with E-state index < -0.39 is 29.5 Å². The van der Waals surface area contributed by atoms with Gasteiger partial charge in [-0.3, -0.25) is 19.1 Å². The van der Waals surface area contributed by atoms with E-state index in [9.17, 15) is 18.8 Å². The molecule has 2 aromatic heterocycles. The molecule has 3 rings (SSSR count). The van der Waals surface area contributed by atoms with Crippen LogP contribution in [-0.2, 0) is 11.3 Å². The van der Waals surface area contributed by atoms with Gasteiger partial charge in [-0.05, 0) is 30.7 Å². The van der Waals surface area contributed by atoms with Gasteiger partial charge in [0.05, 0.1) is 27.5 Å². The summed E-state index contributed by atoms with van der Waals surface area (Å²) in [5.41, 5.74) is 4.39. The number of hydrogen-bond donors (Lipinski definition) is 1. The standard InChI is InChI=1S/C18H13Cl2FN4O3/c1-9-16(10-2-3-14(21)13(20)4-10)17(27)25(12-5-11(19)6-23-7-12)18(28)24(9)8-15(22)26/h2-7H,8H2,1H3,(H2,22,26). The molecule has 3 aromatic rings. The molecule has 0 atom stereocenters. The lowest BCUT2D eigenvalue weighted by atomic mass is 10.1. The molecule has 0 aliphatic heterocycles. The highest BCUT2D eigenvalue weighted by molar-refractivity contribution is 6.31. The third-order valence-electron chi connectivity index (χ3n) is 4.08. The number of nitrogens with zero attached hydrogens (tertiary/aromatic N) is 3. The molecular formula is C18H13Cl2FN4O3. The van der Waals surface area contributed by atoms with Crippen LogP contribution in [0.25, 0.3) is 16.8 Å². The summed E-state index contributed by atoms with van der Waals surface area (Å²) >= 11 is 11.8. The first kappa shape index (κ1) is 19.8. The molecule has 1 aromatic carbocycles. The van der Waals surface area contributed by atoms with Gasteiger partial charge >= 0.3 is 5.69 Å². The molecule has 0 radical (unpaired) electrons. The highest BCUT2D eigenvalue weighted by Crippen LogP contribution is 2.25. The molecule has 28 heavy (non-hydrogen) atoms. The molecule has 0 unspecified atom stereocenters. The third kappa shape index (κ3) is 3.56. The maximum Gasteiger partial charge on any atom is 0.336 e. The Morgan fingerprint density at radius 1 is 1.21 bits per heavy atom. The molecule has 2 heterocycles. The largest absolute Gasteiger partial charge is 0.368 e. The molecule has 10 heteroatoms. The van der Waals surface area contributed by atoms with E-state index in [1.807, 2.05) is 0 Å². The molecule has 0 fully saturated rings. The molecule has 1 amide bonds. The van der Waals surface area contributed by atoms with Crippen molar-refractivity contribution in [3.8, 4) is 16.8 Å². The predicted molar refractivity (Wildman–Crippen MR) is 103 cm³/mol. The minimum absolute atomic E-state index is 0.0581. The van der Waals surface area contributed by atoms with E-state index in [2.05, 4.69) is 4.98 Å². The number of pyridine rings is 1. The summed E-state index contributed by atoms with van der Waals surface area (Å²) in [6, 6.07) is 5.10. The van der Waals surface area contributed by atoms with Gasteiger partial charge in [0.2, 0.25) is 5.91 Å². The van der Waals surface area contributed by atoms with E-state index in [1.165, 1.54) is 37.5 Å². The van der Waals surface area contributed by atoms with E-state index in [4.69, 9.17) is 28.9 Å². The van der Waals surface area contributed by atoms with Crippen molar-refractivity contribution in [3.05, 3.63) is 79.1 Å². The van der Waals surface area contributed by atoms with Gasteiger partial charge in [-0.25, -0.2) is 13.8 Å². The first-order chi connectivity index (χ1) is 13.2. The van der Waals surface area contributed by atoms with Crippen LogP contribution in [-0.4, -0.2) is 20.0 Å². The topological polar surface area (TPSA) is 100.0 Å². The SMILES string of the molecule is Cc1c(-c2ccc(F)c(Cl)c2)c(=O)n(-c2cncc(Cl)c2)c(=O)n1CC(N)=O. The Hall–Kier alpha value is -2.97. The minimum Gasteiger partial charge on any atom is -0.368 e. The molecule has 0 aliphatic rings. The highest BCUT2D eigenvalue weighted by Gasteiger charge is 2.21. The van der Waals surface area contributed by atoms with Crippen molar-refractivity contribution in [1.29, 1.82) is 0 Å². The lowest BCUT2D eigenvalue weighted by Gasteiger charge is -2.16. The van der Waals surface area contributed by atoms with Gasteiger partial charge in [-0.1, -0.05) is 29.3 Å². The third-order valence-corrected chi connectivity index (χ3v) is 4.57. The van der Waals surface area contributed by atoms with Crippen LogP contribution in [0.5, 0.6) is 0 Å². The number of amides is 1. The number of halogens is 3. The van der Waals surface area contributed by atoms with Crippen LogP contribution < -0.4 is 17.0 Å². The Morgan fingerprint density at radius 2 is 1.93 bits per heavy atom. The molecule has 0 aliphatic carbocycles. The second kappa shape index (κ2) is 7.57. The molecule has 0 spiro atoms. The number of benzene rings is 1. The van der Waals surface area contributed by atoms with E-state index in [0.717, 1.165) is 15.2 Å². The van der Waals surface area contributed by atoms with E-state index in [1.54, 1.807) is 0 Å². The van der Waals surface area contributed by atoms with E-state index in [0.29, 0.717) is 0 Å². The Bertz CT molecular complexity index is 1220. The zero-order chi connectivity index (χ0) is 20.6. The van der Waals surface area contributed by atoms with Crippen molar-refractivity contribution in [3.63, 3.8) is 0 Å². The lowest BCUT2D eigenvalue weighted by Crippen LogP contribution is -2.43. The van der Waals surface area contributed by atoms with Gasteiger partial charge in [0.25, 0.3) is 5.56 Å². The second-order valence-corrected chi connectivity index (χ2v) is 6.77. The molecule has 7 nitrogen and oxygen atoms in total. The van der Waals surface area contributed by atoms with Gasteiger partial charge in [-0.15, -0.1) is 0 Å². The minimum atomic E-state index is -0.790. The Kier molecular flexibility index (Phi) is 5.35. The van der Waals surface area contributed by atoms with Gasteiger partial charge in [0, 0.05) is 11.9 Å². The summed E-state index contributed by atoms with van der Waals surface area (Å²) in [4.78, 5) is 41.5. The van der Waals surface area contributed by atoms with Crippen LogP contribution in [0.1, 0.15) is 5.69 Å². The molecule has 0 saturated carbocycles. The quantitative estimate of drug-likeness (QED) is 0.696. The highest BCUT2D eigenvalue weighted by atomic mass is 35.5. The van der Waals surface area contributed by atoms with E-state index in [-0.39, 0.29) is 32.6 Å². The monoisotopic (exact) mass is 422 g/mol. The maximum atomic E-state index is 13.6. The van der Waals surface area contributed by atoms with Crippen molar-refractivity contribution in [1.82, 2.24) is 14.1 Å². The van der Waals surface area contributed by atoms with Crippen molar-refractivity contribution in [2.45, 2.75) is 13.5 Å². The van der Waals surface area contributed by atoms with Crippen molar-refractivity contribution >= 4 is 29.1 Å². The number of carbonyl (C=O) groups is 1. The average molecular weight is 423 g/mol. The molecule has 2 N–H and O–H groups in total. The van der Waals surface area contributed by atoms with Crippen LogP contribution in [0.3, 0.4) is 0 Å². The first-order valence-electron chi connectivity index (χ1n) is 7.91. The molecule has 0 bridgehead atoms. The van der Waals surface area contributed by atoms with Gasteiger partial charge < -0.3 is 5.73 Å². The fourth-order valence-electron chi connectivity index (χ4n) is 2.83. The fraction of sp³-hybridized carbons (Fsp3) is 0.111. The van der Waals surface area contributed by atoms with Crippen molar-refractivity contribution < 1.29 is 9.18 Å². The first-order valence-corrected chi connectivity index (χ1v) is 8.67. The average Bonchev–Trinajstić information content (AvgIpc) is 2.62. The number of rotatable bonds is 4.